The minimum absolute atomic E-state index is 0.0826. The minimum Gasteiger partial charge on any atom is -0.465 e. The first-order valence-corrected chi connectivity index (χ1v) is 6.58. The number of thioether (sulfide) groups is 1. The van der Waals surface area contributed by atoms with Gasteiger partial charge in [0, 0.05) is 4.90 Å². The van der Waals surface area contributed by atoms with Crippen LogP contribution in [-0.2, 0) is 9.53 Å². The zero-order chi connectivity index (χ0) is 12.7. The van der Waals surface area contributed by atoms with Gasteiger partial charge in [0.2, 0.25) is 0 Å². The molecule has 1 aromatic rings. The number of carbonyl (C=O) groups is 1. The van der Waals surface area contributed by atoms with E-state index >= 15 is 0 Å². The zero-order valence-electron chi connectivity index (χ0n) is 10.3. The first-order chi connectivity index (χ1) is 8.19. The van der Waals surface area contributed by atoms with E-state index in [0.29, 0.717) is 6.61 Å². The number of allylic oxidation sites excluding steroid dienone is 1. The maximum absolute atomic E-state index is 11.9. The fourth-order valence-electron chi connectivity index (χ4n) is 1.36. The molecule has 92 valence electrons. The topological polar surface area (TPSA) is 26.3 Å². The number of benzene rings is 1. The molecule has 0 fully saturated rings. The van der Waals surface area contributed by atoms with E-state index in [-0.39, 0.29) is 17.1 Å². The number of ether oxygens (including phenoxy) is 1. The Morgan fingerprint density at radius 1 is 1.47 bits per heavy atom. The molecular formula is C14H18O2S. The van der Waals surface area contributed by atoms with Crippen molar-refractivity contribution in [1.29, 1.82) is 0 Å². The average Bonchev–Trinajstić information content (AvgIpc) is 2.36. The molecule has 1 rings (SSSR count). The monoisotopic (exact) mass is 250 g/mol. The van der Waals surface area contributed by atoms with Gasteiger partial charge in [-0.2, -0.15) is 0 Å². The molecule has 1 aromatic carbocycles. The maximum atomic E-state index is 11.9. The second kappa shape index (κ2) is 7.17. The van der Waals surface area contributed by atoms with Crippen molar-refractivity contribution < 1.29 is 9.53 Å². The standard InChI is InChI=1S/C14H18O2S/c1-4-11(3)13(14(15)16-5-2)17-12-9-7-6-8-10-12/h4,6-11,13H,1,5H2,2-3H3. The quantitative estimate of drug-likeness (QED) is 0.439. The molecule has 0 saturated heterocycles. The molecule has 0 N–H and O–H groups in total. The van der Waals surface area contributed by atoms with Crippen LogP contribution in [0.25, 0.3) is 0 Å². The van der Waals surface area contributed by atoms with Crippen molar-refractivity contribution in [2.45, 2.75) is 24.0 Å². The second-order valence-corrected chi connectivity index (χ2v) is 4.91. The third kappa shape index (κ3) is 4.27. The number of hydrogen-bond donors (Lipinski definition) is 0. The lowest BCUT2D eigenvalue weighted by atomic mass is 10.1. The van der Waals surface area contributed by atoms with Crippen molar-refractivity contribution in [3.8, 4) is 0 Å². The van der Waals surface area contributed by atoms with Gasteiger partial charge in [-0.1, -0.05) is 31.2 Å². The van der Waals surface area contributed by atoms with E-state index in [9.17, 15) is 4.79 Å². The highest BCUT2D eigenvalue weighted by Crippen LogP contribution is 2.29. The van der Waals surface area contributed by atoms with Crippen molar-refractivity contribution >= 4 is 17.7 Å². The molecule has 17 heavy (non-hydrogen) atoms. The number of carbonyl (C=O) groups excluding carboxylic acids is 1. The fraction of sp³-hybridized carbons (Fsp3) is 0.357. The van der Waals surface area contributed by atoms with Gasteiger partial charge in [0.25, 0.3) is 0 Å². The van der Waals surface area contributed by atoms with Gasteiger partial charge in [0.15, 0.2) is 0 Å². The van der Waals surface area contributed by atoms with Crippen LogP contribution >= 0.6 is 11.8 Å². The van der Waals surface area contributed by atoms with Gasteiger partial charge >= 0.3 is 5.97 Å². The Morgan fingerprint density at radius 3 is 2.65 bits per heavy atom. The molecule has 2 nitrogen and oxygen atoms in total. The van der Waals surface area contributed by atoms with E-state index in [0.717, 1.165) is 4.90 Å². The largest absolute Gasteiger partial charge is 0.465 e. The lowest BCUT2D eigenvalue weighted by molar-refractivity contribution is -0.143. The van der Waals surface area contributed by atoms with Gasteiger partial charge in [0.05, 0.1) is 6.61 Å². The summed E-state index contributed by atoms with van der Waals surface area (Å²) in [4.78, 5) is 12.9. The summed E-state index contributed by atoms with van der Waals surface area (Å²) in [5.41, 5.74) is 0. The molecule has 0 saturated carbocycles. The lowest BCUT2D eigenvalue weighted by Crippen LogP contribution is -2.26. The number of esters is 1. The summed E-state index contributed by atoms with van der Waals surface area (Å²) in [7, 11) is 0. The van der Waals surface area contributed by atoms with Crippen molar-refractivity contribution in [3.63, 3.8) is 0 Å². The van der Waals surface area contributed by atoms with Crippen LogP contribution in [0.3, 0.4) is 0 Å². The Bertz CT molecular complexity index is 362. The normalized spacial score (nSPS) is 13.8. The molecule has 0 spiro atoms. The summed E-state index contributed by atoms with van der Waals surface area (Å²) in [5, 5.41) is -0.227. The number of hydrogen-bond acceptors (Lipinski definition) is 3. The molecular weight excluding hydrogens is 232 g/mol. The summed E-state index contributed by atoms with van der Waals surface area (Å²) in [6.07, 6.45) is 1.79. The van der Waals surface area contributed by atoms with Crippen molar-refractivity contribution in [2.75, 3.05) is 6.61 Å². The molecule has 0 radical (unpaired) electrons. The molecule has 0 aliphatic carbocycles. The van der Waals surface area contributed by atoms with Crippen LogP contribution in [0, 0.1) is 5.92 Å². The summed E-state index contributed by atoms with van der Waals surface area (Å²) in [6, 6.07) is 9.87. The molecule has 0 aromatic heterocycles. The van der Waals surface area contributed by atoms with Crippen LogP contribution in [0.15, 0.2) is 47.9 Å². The van der Waals surface area contributed by atoms with Gasteiger partial charge in [-0.25, -0.2) is 0 Å². The Labute approximate surface area is 107 Å². The van der Waals surface area contributed by atoms with Gasteiger partial charge < -0.3 is 4.74 Å². The second-order valence-electron chi connectivity index (χ2n) is 3.70. The highest BCUT2D eigenvalue weighted by Gasteiger charge is 2.25. The van der Waals surface area contributed by atoms with E-state index in [1.165, 1.54) is 11.8 Å². The molecule has 0 aliphatic heterocycles. The first-order valence-electron chi connectivity index (χ1n) is 5.70. The maximum Gasteiger partial charge on any atom is 0.320 e. The third-order valence-electron chi connectivity index (χ3n) is 2.37. The Balaban J connectivity index is 2.77. The molecule has 0 aliphatic rings. The molecule has 0 amide bonds. The smallest absolute Gasteiger partial charge is 0.320 e. The van der Waals surface area contributed by atoms with E-state index in [2.05, 4.69) is 6.58 Å². The van der Waals surface area contributed by atoms with Crippen molar-refractivity contribution in [3.05, 3.63) is 43.0 Å². The molecule has 0 heterocycles. The lowest BCUT2D eigenvalue weighted by Gasteiger charge is -2.19. The Kier molecular flexibility index (Phi) is 5.84. The predicted molar refractivity (Wildman–Crippen MR) is 72.1 cm³/mol. The van der Waals surface area contributed by atoms with Gasteiger partial charge in [-0.3, -0.25) is 4.79 Å². The summed E-state index contributed by atoms with van der Waals surface area (Å²) in [6.45, 7) is 7.95. The molecule has 0 bridgehead atoms. The van der Waals surface area contributed by atoms with Crippen LogP contribution in [-0.4, -0.2) is 17.8 Å². The first kappa shape index (κ1) is 13.8. The van der Waals surface area contributed by atoms with Gasteiger partial charge in [0.1, 0.15) is 5.25 Å². The predicted octanol–water partition coefficient (Wildman–Crippen LogP) is 3.53. The highest BCUT2D eigenvalue weighted by molar-refractivity contribution is 8.00. The fourth-order valence-corrected chi connectivity index (χ4v) is 2.46. The van der Waals surface area contributed by atoms with Crippen LogP contribution < -0.4 is 0 Å². The van der Waals surface area contributed by atoms with Crippen LogP contribution in [0.2, 0.25) is 0 Å². The van der Waals surface area contributed by atoms with E-state index in [1.807, 2.05) is 44.2 Å². The summed E-state index contributed by atoms with van der Waals surface area (Å²) >= 11 is 1.52. The molecule has 2 atom stereocenters. The van der Waals surface area contributed by atoms with Crippen LogP contribution in [0.4, 0.5) is 0 Å². The van der Waals surface area contributed by atoms with Crippen LogP contribution in [0.1, 0.15) is 13.8 Å². The Hall–Kier alpha value is -1.22. The molecule has 2 unspecified atom stereocenters. The average molecular weight is 250 g/mol. The van der Waals surface area contributed by atoms with Gasteiger partial charge in [-0.15, -0.1) is 18.3 Å². The number of rotatable bonds is 6. The highest BCUT2D eigenvalue weighted by atomic mass is 32.2. The summed E-state index contributed by atoms with van der Waals surface area (Å²) < 4.78 is 5.09. The Morgan fingerprint density at radius 2 is 2.12 bits per heavy atom. The SMILES string of the molecule is C=CC(C)C(Sc1ccccc1)C(=O)OCC. The van der Waals surface area contributed by atoms with E-state index < -0.39 is 0 Å². The van der Waals surface area contributed by atoms with Crippen molar-refractivity contribution in [1.82, 2.24) is 0 Å². The minimum atomic E-state index is -0.227. The van der Waals surface area contributed by atoms with Gasteiger partial charge in [-0.05, 0) is 25.0 Å². The van der Waals surface area contributed by atoms with E-state index in [4.69, 9.17) is 4.74 Å². The summed E-state index contributed by atoms with van der Waals surface area (Å²) in [5.74, 6) is -0.0898. The van der Waals surface area contributed by atoms with Crippen molar-refractivity contribution in [2.24, 2.45) is 5.92 Å². The zero-order valence-corrected chi connectivity index (χ0v) is 11.1. The van der Waals surface area contributed by atoms with Crippen LogP contribution in [0.5, 0.6) is 0 Å². The molecule has 3 heteroatoms. The van der Waals surface area contributed by atoms with E-state index in [1.54, 1.807) is 6.08 Å². The third-order valence-corrected chi connectivity index (χ3v) is 3.79.